The lowest BCUT2D eigenvalue weighted by Gasteiger charge is -2.07. The first-order valence-corrected chi connectivity index (χ1v) is 4.83. The van der Waals surface area contributed by atoms with Crippen LogP contribution in [0.2, 0.25) is 0 Å². The highest BCUT2D eigenvalue weighted by Gasteiger charge is 1.92. The van der Waals surface area contributed by atoms with Crippen LogP contribution in [0.1, 0.15) is 45.4 Å². The highest BCUT2D eigenvalue weighted by molar-refractivity contribution is 4.42. The molecule has 0 aromatic carbocycles. The molecule has 0 saturated carbocycles. The second kappa shape index (κ2) is 8.97. The molecule has 0 aromatic rings. The smallest absolute Gasteiger partial charge is 0.0711 e. The second-order valence-corrected chi connectivity index (χ2v) is 3.07. The fraction of sp³-hybridized carbons (Fsp3) is 1.00. The maximum Gasteiger partial charge on any atom is 0.0711 e. The number of unbranched alkanes of at least 4 members (excludes halogenated alkanes) is 5. The number of hydrogen-bond acceptors (Lipinski definition) is 3. The molecular weight excluding hydrogens is 154 g/mol. The van der Waals surface area contributed by atoms with E-state index in [1.165, 1.54) is 39.2 Å². The van der Waals surface area contributed by atoms with Gasteiger partial charge < -0.3 is 0 Å². The first-order valence-electron chi connectivity index (χ1n) is 4.83. The summed E-state index contributed by atoms with van der Waals surface area (Å²) in [5, 5.41) is 9.37. The van der Waals surface area contributed by atoms with E-state index in [0.717, 1.165) is 11.6 Å². The Balaban J connectivity index is 2.82. The molecule has 0 bridgehead atoms. The van der Waals surface area contributed by atoms with Gasteiger partial charge in [-0.15, -0.1) is 0 Å². The van der Waals surface area contributed by atoms with Gasteiger partial charge >= 0.3 is 0 Å². The fourth-order valence-electron chi connectivity index (χ4n) is 1.08. The van der Waals surface area contributed by atoms with Gasteiger partial charge in [-0.05, 0) is 6.42 Å². The van der Waals surface area contributed by atoms with Gasteiger partial charge in [0.15, 0.2) is 0 Å². The van der Waals surface area contributed by atoms with Crippen LogP contribution in [0.4, 0.5) is 0 Å². The third kappa shape index (κ3) is 9.88. The monoisotopic (exact) mass is 175 g/mol. The van der Waals surface area contributed by atoms with Crippen LogP contribution in [0.15, 0.2) is 0 Å². The molecule has 1 N–H and O–H groups in total. The molecule has 3 heteroatoms. The number of nitrogens with zero attached hydrogens (tertiary/aromatic N) is 1. The van der Waals surface area contributed by atoms with Crippen LogP contribution in [0, 0.1) is 0 Å². The Labute approximate surface area is 75.2 Å². The van der Waals surface area contributed by atoms with Crippen LogP contribution in [-0.2, 0) is 4.84 Å². The molecule has 0 fully saturated rings. The van der Waals surface area contributed by atoms with E-state index < -0.39 is 0 Å². The van der Waals surface area contributed by atoms with E-state index in [9.17, 15) is 0 Å². The zero-order valence-electron chi connectivity index (χ0n) is 8.25. The van der Waals surface area contributed by atoms with Gasteiger partial charge in [-0.3, -0.25) is 10.0 Å². The molecule has 0 amide bonds. The van der Waals surface area contributed by atoms with E-state index >= 15 is 0 Å². The summed E-state index contributed by atoms with van der Waals surface area (Å²) in [7, 11) is 1.48. The van der Waals surface area contributed by atoms with Crippen molar-refractivity contribution in [3.63, 3.8) is 0 Å². The Hall–Kier alpha value is -0.120. The highest BCUT2D eigenvalue weighted by atomic mass is 16.9. The normalized spacial score (nSPS) is 11.0. The van der Waals surface area contributed by atoms with Crippen molar-refractivity contribution in [3.05, 3.63) is 0 Å². The van der Waals surface area contributed by atoms with Crippen molar-refractivity contribution in [1.82, 2.24) is 5.23 Å². The summed E-state index contributed by atoms with van der Waals surface area (Å²) in [6.45, 7) is 2.84. The largest absolute Gasteiger partial charge is 0.290 e. The topological polar surface area (TPSA) is 32.7 Å². The third-order valence-corrected chi connectivity index (χ3v) is 1.78. The molecule has 0 aliphatic heterocycles. The van der Waals surface area contributed by atoms with Crippen LogP contribution in [0.3, 0.4) is 0 Å². The number of hydroxylamine groups is 2. The minimum absolute atomic E-state index is 0.624. The summed E-state index contributed by atoms with van der Waals surface area (Å²) >= 11 is 0. The highest BCUT2D eigenvalue weighted by Crippen LogP contribution is 2.04. The van der Waals surface area contributed by atoms with Crippen LogP contribution in [0.25, 0.3) is 0 Å². The molecule has 0 radical (unpaired) electrons. The van der Waals surface area contributed by atoms with Crippen molar-refractivity contribution in [1.29, 1.82) is 0 Å². The van der Waals surface area contributed by atoms with Gasteiger partial charge in [-0.2, -0.15) is 0 Å². The summed E-state index contributed by atoms with van der Waals surface area (Å²) < 4.78 is 0. The Morgan fingerprint density at radius 3 is 2.25 bits per heavy atom. The lowest BCUT2D eigenvalue weighted by molar-refractivity contribution is -0.323. The third-order valence-electron chi connectivity index (χ3n) is 1.78. The minimum Gasteiger partial charge on any atom is -0.290 e. The van der Waals surface area contributed by atoms with Gasteiger partial charge in [-0.1, -0.05) is 44.3 Å². The Bertz CT molecular complexity index is 86.6. The molecule has 0 aromatic heterocycles. The van der Waals surface area contributed by atoms with Crippen molar-refractivity contribution in [2.45, 2.75) is 45.4 Å². The zero-order valence-corrected chi connectivity index (χ0v) is 8.25. The maximum atomic E-state index is 8.60. The lowest BCUT2D eigenvalue weighted by atomic mass is 10.1. The Morgan fingerprint density at radius 2 is 1.67 bits per heavy atom. The van der Waals surface area contributed by atoms with Crippen molar-refractivity contribution in [3.8, 4) is 0 Å². The van der Waals surface area contributed by atoms with Crippen LogP contribution in [-0.4, -0.2) is 24.1 Å². The van der Waals surface area contributed by atoms with Gasteiger partial charge in [0, 0.05) is 7.05 Å². The summed E-state index contributed by atoms with van der Waals surface area (Å²) in [6.07, 6.45) is 7.47. The van der Waals surface area contributed by atoms with Crippen molar-refractivity contribution < 1.29 is 10.0 Å². The van der Waals surface area contributed by atoms with Gasteiger partial charge in [0.05, 0.1) is 6.61 Å². The Kier molecular flexibility index (Phi) is 8.88. The maximum absolute atomic E-state index is 8.60. The van der Waals surface area contributed by atoms with Crippen LogP contribution in [0.5, 0.6) is 0 Å². The zero-order chi connectivity index (χ0) is 9.23. The molecule has 74 valence electrons. The standard InChI is InChI=1S/C9H21NO2/c1-3-4-5-6-7-8-9-12-10(2)11/h11H,3-9H2,1-2H3. The average Bonchev–Trinajstić information content (AvgIpc) is 2.02. The molecule has 0 atom stereocenters. The van der Waals surface area contributed by atoms with E-state index in [4.69, 9.17) is 10.0 Å². The second-order valence-electron chi connectivity index (χ2n) is 3.07. The van der Waals surface area contributed by atoms with Gasteiger partial charge in [-0.25, -0.2) is 0 Å². The number of hydrogen-bond donors (Lipinski definition) is 1. The summed E-state index contributed by atoms with van der Waals surface area (Å²) in [5.74, 6) is 0. The summed E-state index contributed by atoms with van der Waals surface area (Å²) in [5.41, 5.74) is 0. The van der Waals surface area contributed by atoms with E-state index in [1.807, 2.05) is 0 Å². The van der Waals surface area contributed by atoms with Crippen LogP contribution < -0.4 is 0 Å². The van der Waals surface area contributed by atoms with E-state index in [0.29, 0.717) is 6.61 Å². The fourth-order valence-corrected chi connectivity index (χ4v) is 1.08. The van der Waals surface area contributed by atoms with Gasteiger partial charge in [0.25, 0.3) is 0 Å². The van der Waals surface area contributed by atoms with Crippen molar-refractivity contribution >= 4 is 0 Å². The lowest BCUT2D eigenvalue weighted by Crippen LogP contribution is -2.13. The molecule has 0 saturated heterocycles. The first-order chi connectivity index (χ1) is 5.77. The average molecular weight is 175 g/mol. The minimum atomic E-state index is 0.624. The molecule has 0 aliphatic carbocycles. The van der Waals surface area contributed by atoms with Crippen LogP contribution >= 0.6 is 0 Å². The molecule has 12 heavy (non-hydrogen) atoms. The van der Waals surface area contributed by atoms with E-state index in [1.54, 1.807) is 0 Å². The van der Waals surface area contributed by atoms with Gasteiger partial charge in [0.1, 0.15) is 0 Å². The van der Waals surface area contributed by atoms with Crippen molar-refractivity contribution in [2.75, 3.05) is 13.7 Å². The molecular formula is C9H21NO2. The summed E-state index contributed by atoms with van der Waals surface area (Å²) in [6, 6.07) is 0. The van der Waals surface area contributed by atoms with Crippen molar-refractivity contribution in [2.24, 2.45) is 0 Å². The first kappa shape index (κ1) is 11.9. The molecule has 0 unspecified atom stereocenters. The SMILES string of the molecule is CCCCCCCCON(C)O. The number of rotatable bonds is 8. The molecule has 0 rings (SSSR count). The Morgan fingerprint density at radius 1 is 1.08 bits per heavy atom. The van der Waals surface area contributed by atoms with E-state index in [2.05, 4.69) is 6.92 Å². The molecule has 0 aliphatic rings. The molecule has 3 nitrogen and oxygen atoms in total. The van der Waals surface area contributed by atoms with E-state index in [-0.39, 0.29) is 0 Å². The van der Waals surface area contributed by atoms with Gasteiger partial charge in [0.2, 0.25) is 0 Å². The predicted molar refractivity (Wildman–Crippen MR) is 48.9 cm³/mol. The predicted octanol–water partition coefficient (Wildman–Crippen LogP) is 2.60. The molecule has 0 heterocycles. The summed E-state index contributed by atoms with van der Waals surface area (Å²) in [4.78, 5) is 4.84. The quantitative estimate of drug-likeness (QED) is 0.454. The molecule has 0 spiro atoms.